The molecule has 26 heavy (non-hydrogen) atoms. The highest BCUT2D eigenvalue weighted by atomic mass is 16.2. The minimum absolute atomic E-state index is 0.243. The molecular formula is C20H22N4O2. The number of nitrogens with one attached hydrogen (secondary N) is 3. The van der Waals surface area contributed by atoms with Gasteiger partial charge in [-0.1, -0.05) is 48.5 Å². The van der Waals surface area contributed by atoms with Crippen molar-refractivity contribution in [2.45, 2.75) is 18.9 Å². The number of rotatable bonds is 7. The number of hydrogen-bond donors (Lipinski definition) is 4. The minimum Gasteiger partial charge on any atom is -0.361 e. The molecule has 0 aliphatic heterocycles. The van der Waals surface area contributed by atoms with Gasteiger partial charge in [0.2, 0.25) is 5.91 Å². The Morgan fingerprint density at radius 2 is 1.77 bits per heavy atom. The molecule has 3 rings (SSSR count). The second-order valence-corrected chi connectivity index (χ2v) is 6.15. The number of carbonyl (C=O) groups is 2. The van der Waals surface area contributed by atoms with Crippen molar-refractivity contribution in [3.63, 3.8) is 0 Å². The van der Waals surface area contributed by atoms with E-state index in [0.29, 0.717) is 19.4 Å². The molecule has 0 unspecified atom stereocenters. The fraction of sp³-hybridized carbons (Fsp3) is 0.200. The lowest BCUT2D eigenvalue weighted by Gasteiger charge is -2.17. The molecule has 0 bridgehead atoms. The zero-order valence-electron chi connectivity index (χ0n) is 14.4. The van der Waals surface area contributed by atoms with Gasteiger partial charge in [0, 0.05) is 30.1 Å². The van der Waals surface area contributed by atoms with E-state index < -0.39 is 12.1 Å². The monoisotopic (exact) mass is 350 g/mol. The number of urea groups is 1. The van der Waals surface area contributed by atoms with Crippen LogP contribution in [0.3, 0.4) is 0 Å². The Labute approximate surface area is 151 Å². The number of amides is 3. The topological polar surface area (TPSA) is 100 Å². The molecule has 0 fully saturated rings. The molecule has 5 N–H and O–H groups in total. The van der Waals surface area contributed by atoms with Crippen LogP contribution in [0.4, 0.5) is 4.79 Å². The van der Waals surface area contributed by atoms with Gasteiger partial charge in [-0.15, -0.1) is 0 Å². The number of para-hydroxylation sites is 1. The van der Waals surface area contributed by atoms with E-state index in [-0.39, 0.29) is 5.91 Å². The predicted octanol–water partition coefficient (Wildman–Crippen LogP) is 2.11. The van der Waals surface area contributed by atoms with Crippen molar-refractivity contribution in [1.82, 2.24) is 15.6 Å². The first kappa shape index (κ1) is 17.5. The smallest absolute Gasteiger partial charge is 0.312 e. The summed E-state index contributed by atoms with van der Waals surface area (Å²) >= 11 is 0. The molecule has 0 aliphatic rings. The highest BCUT2D eigenvalue weighted by Crippen LogP contribution is 2.17. The average Bonchev–Trinajstić information content (AvgIpc) is 3.05. The second kappa shape index (κ2) is 8.20. The molecule has 6 nitrogen and oxygen atoms in total. The van der Waals surface area contributed by atoms with Crippen molar-refractivity contribution in [2.75, 3.05) is 6.54 Å². The van der Waals surface area contributed by atoms with Crippen LogP contribution in [0.5, 0.6) is 0 Å². The Hall–Kier alpha value is -3.28. The molecule has 3 aromatic rings. The molecule has 6 heteroatoms. The fourth-order valence-electron chi connectivity index (χ4n) is 3.01. The summed E-state index contributed by atoms with van der Waals surface area (Å²) < 4.78 is 0. The molecule has 0 saturated heterocycles. The molecule has 0 aliphatic carbocycles. The van der Waals surface area contributed by atoms with Crippen LogP contribution in [0.2, 0.25) is 0 Å². The average molecular weight is 350 g/mol. The lowest BCUT2D eigenvalue weighted by Crippen LogP contribution is -2.50. The minimum atomic E-state index is -0.710. The number of aromatic nitrogens is 1. The summed E-state index contributed by atoms with van der Waals surface area (Å²) in [5, 5.41) is 6.56. The van der Waals surface area contributed by atoms with Crippen molar-refractivity contribution in [2.24, 2.45) is 5.73 Å². The molecule has 2 aromatic carbocycles. The number of benzene rings is 2. The Balaban J connectivity index is 1.59. The van der Waals surface area contributed by atoms with Crippen LogP contribution in [-0.2, 0) is 17.6 Å². The molecule has 3 amide bonds. The maximum atomic E-state index is 12.5. The Kier molecular flexibility index (Phi) is 5.53. The predicted molar refractivity (Wildman–Crippen MR) is 102 cm³/mol. The summed E-state index contributed by atoms with van der Waals surface area (Å²) in [4.78, 5) is 26.9. The summed E-state index contributed by atoms with van der Waals surface area (Å²) in [5.74, 6) is -0.243. The van der Waals surface area contributed by atoms with E-state index >= 15 is 0 Å². The number of aromatic amines is 1. The van der Waals surface area contributed by atoms with E-state index in [1.807, 2.05) is 54.7 Å². The van der Waals surface area contributed by atoms with Gasteiger partial charge in [-0.2, -0.15) is 0 Å². The van der Waals surface area contributed by atoms with Crippen LogP contribution < -0.4 is 16.4 Å². The van der Waals surface area contributed by atoms with Gasteiger partial charge in [-0.05, 0) is 23.6 Å². The second-order valence-electron chi connectivity index (χ2n) is 6.15. The van der Waals surface area contributed by atoms with Crippen LogP contribution in [-0.4, -0.2) is 29.5 Å². The number of hydrogen-bond acceptors (Lipinski definition) is 2. The number of primary amides is 1. The van der Waals surface area contributed by atoms with Crippen molar-refractivity contribution in [3.8, 4) is 0 Å². The summed E-state index contributed by atoms with van der Waals surface area (Å²) in [6.45, 7) is 0.479. The summed E-state index contributed by atoms with van der Waals surface area (Å²) in [6.07, 6.45) is 3.05. The molecule has 134 valence electrons. The molecule has 1 aromatic heterocycles. The highest BCUT2D eigenvalue weighted by molar-refractivity contribution is 5.87. The third kappa shape index (κ3) is 4.42. The quantitative estimate of drug-likeness (QED) is 0.525. The third-order valence-electron chi connectivity index (χ3n) is 4.28. The van der Waals surface area contributed by atoms with Gasteiger partial charge in [-0.25, -0.2) is 4.79 Å². The third-order valence-corrected chi connectivity index (χ3v) is 4.28. The first-order valence-corrected chi connectivity index (χ1v) is 8.56. The normalized spacial score (nSPS) is 11.8. The molecule has 1 atom stereocenters. The van der Waals surface area contributed by atoms with Crippen molar-refractivity contribution in [3.05, 3.63) is 71.9 Å². The van der Waals surface area contributed by atoms with Crippen LogP contribution >= 0.6 is 0 Å². The number of fused-ring (bicyclic) bond motifs is 1. The van der Waals surface area contributed by atoms with Crippen LogP contribution in [0.25, 0.3) is 10.9 Å². The van der Waals surface area contributed by atoms with Crippen molar-refractivity contribution >= 4 is 22.8 Å². The van der Waals surface area contributed by atoms with E-state index in [9.17, 15) is 9.59 Å². The summed E-state index contributed by atoms with van der Waals surface area (Å²) in [5.41, 5.74) is 8.39. The lowest BCUT2D eigenvalue weighted by molar-refractivity contribution is -0.122. The van der Waals surface area contributed by atoms with Crippen molar-refractivity contribution < 1.29 is 9.59 Å². The molecule has 0 saturated carbocycles. The maximum absolute atomic E-state index is 12.5. The molecular weight excluding hydrogens is 328 g/mol. The maximum Gasteiger partial charge on any atom is 0.312 e. The number of H-pyrrole nitrogens is 1. The van der Waals surface area contributed by atoms with Gasteiger partial charge in [0.25, 0.3) is 0 Å². The van der Waals surface area contributed by atoms with Gasteiger partial charge in [0.05, 0.1) is 0 Å². The molecule has 0 radical (unpaired) electrons. The highest BCUT2D eigenvalue weighted by Gasteiger charge is 2.20. The van der Waals surface area contributed by atoms with Crippen LogP contribution in [0.1, 0.15) is 11.1 Å². The van der Waals surface area contributed by atoms with E-state index in [2.05, 4.69) is 21.7 Å². The largest absolute Gasteiger partial charge is 0.361 e. The Bertz CT molecular complexity index is 889. The Morgan fingerprint density at radius 3 is 2.54 bits per heavy atom. The summed E-state index contributed by atoms with van der Waals surface area (Å²) in [7, 11) is 0. The number of carbonyl (C=O) groups excluding carboxylic acids is 2. The van der Waals surface area contributed by atoms with Gasteiger partial charge in [0.1, 0.15) is 6.04 Å². The van der Waals surface area contributed by atoms with Crippen LogP contribution in [0, 0.1) is 0 Å². The van der Waals surface area contributed by atoms with Crippen LogP contribution in [0.15, 0.2) is 60.8 Å². The standard InChI is InChI=1S/C20H22N4O2/c21-20(26)24-18(12-14-6-2-1-3-7-14)19(25)22-11-10-15-13-23-17-9-5-4-8-16(15)17/h1-9,13,18,23H,10-12H2,(H,22,25)(H3,21,24,26)/t18-/m1/s1. The van der Waals surface area contributed by atoms with Crippen molar-refractivity contribution in [1.29, 1.82) is 0 Å². The SMILES string of the molecule is NC(=O)N[C@H](Cc1ccccc1)C(=O)NCCc1c[nH]c2ccccc12. The number of nitrogens with two attached hydrogens (primary N) is 1. The van der Waals surface area contributed by atoms with E-state index in [1.165, 1.54) is 0 Å². The van der Waals surface area contributed by atoms with Gasteiger partial charge < -0.3 is 21.4 Å². The molecule has 0 spiro atoms. The van der Waals surface area contributed by atoms with E-state index in [1.54, 1.807) is 0 Å². The summed E-state index contributed by atoms with van der Waals surface area (Å²) in [6, 6.07) is 16.1. The van der Waals surface area contributed by atoms with Gasteiger partial charge in [-0.3, -0.25) is 4.79 Å². The molecule has 1 heterocycles. The Morgan fingerprint density at radius 1 is 1.04 bits per heavy atom. The van der Waals surface area contributed by atoms with E-state index in [0.717, 1.165) is 22.0 Å². The van der Waals surface area contributed by atoms with Gasteiger partial charge >= 0.3 is 6.03 Å². The fourth-order valence-corrected chi connectivity index (χ4v) is 3.01. The van der Waals surface area contributed by atoms with Gasteiger partial charge in [0.15, 0.2) is 0 Å². The zero-order chi connectivity index (χ0) is 18.4. The lowest BCUT2D eigenvalue weighted by atomic mass is 10.1. The first-order valence-electron chi connectivity index (χ1n) is 8.56. The first-order chi connectivity index (χ1) is 12.6. The van der Waals surface area contributed by atoms with E-state index in [4.69, 9.17) is 5.73 Å². The zero-order valence-corrected chi connectivity index (χ0v) is 14.4.